The maximum atomic E-state index is 12.8. The number of hydrogen-bond donors (Lipinski definition) is 2. The van der Waals surface area contributed by atoms with Crippen LogP contribution in [0.25, 0.3) is 0 Å². The molecule has 2 heterocycles. The van der Waals surface area contributed by atoms with Gasteiger partial charge in [-0.05, 0) is 48.7 Å². The van der Waals surface area contributed by atoms with Crippen molar-refractivity contribution in [2.75, 3.05) is 17.7 Å². The van der Waals surface area contributed by atoms with Crippen LogP contribution in [0.3, 0.4) is 0 Å². The number of anilines is 1. The van der Waals surface area contributed by atoms with Crippen LogP contribution in [0.4, 0.5) is 5.69 Å². The molecule has 7 nitrogen and oxygen atoms in total. The molecule has 1 atom stereocenters. The highest BCUT2D eigenvalue weighted by atomic mass is 32.2. The van der Waals surface area contributed by atoms with Crippen LogP contribution >= 0.6 is 11.8 Å². The average Bonchev–Trinajstić information content (AvgIpc) is 3.51. The molecular weight excluding hydrogens is 424 g/mol. The van der Waals surface area contributed by atoms with E-state index in [4.69, 9.17) is 4.74 Å². The third-order valence-corrected chi connectivity index (χ3v) is 6.31. The van der Waals surface area contributed by atoms with Crippen molar-refractivity contribution in [3.8, 4) is 0 Å². The summed E-state index contributed by atoms with van der Waals surface area (Å²) in [6, 6.07) is 16.9. The third kappa shape index (κ3) is 6.21. The lowest BCUT2D eigenvalue weighted by atomic mass is 10.1. The van der Waals surface area contributed by atoms with Crippen molar-refractivity contribution in [1.82, 2.24) is 15.1 Å². The molecule has 1 aromatic heterocycles. The molecule has 0 aliphatic carbocycles. The second kappa shape index (κ2) is 11.0. The fraction of sp³-hybridized carbons (Fsp3) is 0.292. The van der Waals surface area contributed by atoms with Crippen LogP contribution in [0, 0.1) is 0 Å². The van der Waals surface area contributed by atoms with Crippen molar-refractivity contribution in [3.05, 3.63) is 78.1 Å². The van der Waals surface area contributed by atoms with Gasteiger partial charge < -0.3 is 15.4 Å². The number of nitrogens with zero attached hydrogens (tertiary/aromatic N) is 2. The minimum Gasteiger partial charge on any atom is -0.377 e. The van der Waals surface area contributed by atoms with Crippen molar-refractivity contribution in [1.29, 1.82) is 0 Å². The van der Waals surface area contributed by atoms with Gasteiger partial charge in [-0.15, -0.1) is 11.8 Å². The second-order valence-corrected chi connectivity index (χ2v) is 8.64. The monoisotopic (exact) mass is 450 g/mol. The normalized spacial score (nSPS) is 15.4. The van der Waals surface area contributed by atoms with Gasteiger partial charge in [-0.2, -0.15) is 5.10 Å². The van der Waals surface area contributed by atoms with Gasteiger partial charge in [-0.25, -0.2) is 0 Å². The van der Waals surface area contributed by atoms with Gasteiger partial charge in [-0.3, -0.25) is 14.3 Å². The Hall–Kier alpha value is -3.10. The lowest BCUT2D eigenvalue weighted by Gasteiger charge is -2.13. The summed E-state index contributed by atoms with van der Waals surface area (Å²) in [5.74, 6) is 0.575. The fourth-order valence-corrected chi connectivity index (χ4v) is 4.64. The van der Waals surface area contributed by atoms with E-state index in [9.17, 15) is 9.59 Å². The van der Waals surface area contributed by atoms with Crippen molar-refractivity contribution in [3.63, 3.8) is 0 Å². The van der Waals surface area contributed by atoms with E-state index in [1.165, 1.54) is 0 Å². The molecule has 4 rings (SSSR count). The quantitative estimate of drug-likeness (QED) is 0.486. The first-order valence-corrected chi connectivity index (χ1v) is 11.6. The van der Waals surface area contributed by atoms with E-state index in [0.29, 0.717) is 17.8 Å². The van der Waals surface area contributed by atoms with Gasteiger partial charge in [0.05, 0.1) is 11.7 Å². The molecule has 0 saturated carbocycles. The Morgan fingerprint density at radius 2 is 2.06 bits per heavy atom. The van der Waals surface area contributed by atoms with Gasteiger partial charge in [0.15, 0.2) is 0 Å². The van der Waals surface area contributed by atoms with Crippen molar-refractivity contribution in [2.24, 2.45) is 0 Å². The Balaban J connectivity index is 1.32. The van der Waals surface area contributed by atoms with Crippen LogP contribution in [0.15, 0.2) is 71.9 Å². The van der Waals surface area contributed by atoms with E-state index in [1.807, 2.05) is 48.5 Å². The maximum absolute atomic E-state index is 12.8. The molecule has 1 aliphatic rings. The van der Waals surface area contributed by atoms with E-state index < -0.39 is 0 Å². The number of benzene rings is 2. The van der Waals surface area contributed by atoms with Gasteiger partial charge >= 0.3 is 0 Å². The predicted octanol–water partition coefficient (Wildman–Crippen LogP) is 3.72. The van der Waals surface area contributed by atoms with Crippen LogP contribution in [-0.2, 0) is 22.6 Å². The zero-order valence-electron chi connectivity index (χ0n) is 17.7. The van der Waals surface area contributed by atoms with E-state index in [0.717, 1.165) is 35.7 Å². The zero-order valence-corrected chi connectivity index (χ0v) is 18.5. The Morgan fingerprint density at radius 3 is 2.88 bits per heavy atom. The number of carbonyl (C=O) groups excluding carboxylic acids is 2. The summed E-state index contributed by atoms with van der Waals surface area (Å²) in [4.78, 5) is 26.0. The summed E-state index contributed by atoms with van der Waals surface area (Å²) >= 11 is 1.66. The van der Waals surface area contributed by atoms with Gasteiger partial charge in [0, 0.05) is 41.9 Å². The number of nitrogens with one attached hydrogen (secondary N) is 2. The molecule has 2 amide bonds. The standard InChI is InChI=1S/C24H26N4O3S/c29-23(16-28-12-5-11-26-28)27-19-7-3-6-18(14-19)15-25-24(30)21-9-1-2-10-22(21)32-17-20-8-4-13-31-20/h1-3,5-7,9-12,14,20H,4,8,13,15-17H2,(H,25,30)(H,27,29). The van der Waals surface area contributed by atoms with Crippen molar-refractivity contribution in [2.45, 2.75) is 36.9 Å². The molecule has 0 spiro atoms. The van der Waals surface area contributed by atoms with Gasteiger partial charge in [0.1, 0.15) is 6.54 Å². The average molecular weight is 451 g/mol. The van der Waals surface area contributed by atoms with Crippen LogP contribution in [0.5, 0.6) is 0 Å². The molecule has 3 aromatic rings. The minimum atomic E-state index is -0.160. The molecule has 2 aromatic carbocycles. The van der Waals surface area contributed by atoms with Gasteiger partial charge in [-0.1, -0.05) is 24.3 Å². The van der Waals surface area contributed by atoms with Gasteiger partial charge in [0.25, 0.3) is 5.91 Å². The van der Waals surface area contributed by atoms with E-state index in [-0.39, 0.29) is 24.5 Å². The Labute approximate surface area is 191 Å². The lowest BCUT2D eigenvalue weighted by Crippen LogP contribution is -2.24. The number of ether oxygens (including phenoxy) is 1. The second-order valence-electron chi connectivity index (χ2n) is 7.58. The topological polar surface area (TPSA) is 85.3 Å². The number of carbonyl (C=O) groups is 2. The fourth-order valence-electron chi connectivity index (χ4n) is 3.52. The molecule has 1 unspecified atom stereocenters. The summed E-state index contributed by atoms with van der Waals surface area (Å²) < 4.78 is 7.26. The zero-order chi connectivity index (χ0) is 22.2. The largest absolute Gasteiger partial charge is 0.377 e. The summed E-state index contributed by atoms with van der Waals surface area (Å²) in [6.45, 7) is 1.34. The molecule has 0 bridgehead atoms. The number of thioether (sulfide) groups is 1. The maximum Gasteiger partial charge on any atom is 0.252 e. The smallest absolute Gasteiger partial charge is 0.252 e. The number of aromatic nitrogens is 2. The molecule has 0 radical (unpaired) electrons. The molecular formula is C24H26N4O3S. The number of amides is 2. The highest BCUT2D eigenvalue weighted by Gasteiger charge is 2.18. The summed E-state index contributed by atoms with van der Waals surface area (Å²) in [6.07, 6.45) is 5.83. The highest BCUT2D eigenvalue weighted by molar-refractivity contribution is 7.99. The number of hydrogen-bond acceptors (Lipinski definition) is 5. The van der Waals surface area contributed by atoms with Crippen LogP contribution < -0.4 is 10.6 Å². The van der Waals surface area contributed by atoms with Crippen LogP contribution in [-0.4, -0.2) is 40.1 Å². The minimum absolute atomic E-state index is 0.117. The SMILES string of the molecule is O=C(Cn1cccn1)Nc1cccc(CNC(=O)c2ccccc2SCC2CCCO2)c1. The molecule has 8 heteroatoms. The lowest BCUT2D eigenvalue weighted by molar-refractivity contribution is -0.116. The molecule has 166 valence electrons. The van der Waals surface area contributed by atoms with Crippen molar-refractivity contribution >= 4 is 29.3 Å². The van der Waals surface area contributed by atoms with Gasteiger partial charge in [0.2, 0.25) is 5.91 Å². The van der Waals surface area contributed by atoms with Crippen molar-refractivity contribution < 1.29 is 14.3 Å². The first-order valence-electron chi connectivity index (χ1n) is 10.7. The summed E-state index contributed by atoms with van der Waals surface area (Å²) in [5.41, 5.74) is 2.25. The predicted molar refractivity (Wildman–Crippen MR) is 125 cm³/mol. The summed E-state index contributed by atoms with van der Waals surface area (Å²) in [7, 11) is 0. The third-order valence-electron chi connectivity index (χ3n) is 5.11. The Kier molecular flexibility index (Phi) is 7.58. The highest BCUT2D eigenvalue weighted by Crippen LogP contribution is 2.26. The van der Waals surface area contributed by atoms with Crippen LogP contribution in [0.1, 0.15) is 28.8 Å². The molecule has 1 saturated heterocycles. The first kappa shape index (κ1) is 22.1. The first-order chi connectivity index (χ1) is 15.7. The Bertz CT molecular complexity index is 1050. The molecule has 1 fully saturated rings. The Morgan fingerprint density at radius 1 is 1.16 bits per heavy atom. The van der Waals surface area contributed by atoms with Crippen LogP contribution in [0.2, 0.25) is 0 Å². The van der Waals surface area contributed by atoms with E-state index >= 15 is 0 Å². The summed E-state index contributed by atoms with van der Waals surface area (Å²) in [5, 5.41) is 9.89. The number of rotatable bonds is 9. The van der Waals surface area contributed by atoms with E-state index in [1.54, 1.807) is 34.9 Å². The molecule has 32 heavy (non-hydrogen) atoms. The molecule has 2 N–H and O–H groups in total. The molecule has 1 aliphatic heterocycles. The van der Waals surface area contributed by atoms with E-state index in [2.05, 4.69) is 15.7 Å².